The average molecular weight is 265 g/mol. The third-order valence-corrected chi connectivity index (χ3v) is 2.29. The summed E-state index contributed by atoms with van der Waals surface area (Å²) in [7, 11) is 1.56. The predicted octanol–water partition coefficient (Wildman–Crippen LogP) is 2.62. The molecule has 0 aliphatic carbocycles. The van der Waals surface area contributed by atoms with Gasteiger partial charge in [0, 0.05) is 0 Å². The van der Waals surface area contributed by atoms with E-state index in [1.54, 1.807) is 31.4 Å². The molecular weight excluding hydrogens is 249 g/mol. The number of ether oxygens (including phenoxy) is 1. The predicted molar refractivity (Wildman–Crippen MR) is 69.9 cm³/mol. The maximum Gasteiger partial charge on any atom is 0.305 e. The largest absolute Gasteiger partial charge is 0.497 e. The van der Waals surface area contributed by atoms with Gasteiger partial charge in [0.1, 0.15) is 5.75 Å². The number of benzene rings is 1. The van der Waals surface area contributed by atoms with Crippen molar-refractivity contribution < 1.29 is 18.8 Å². The summed E-state index contributed by atoms with van der Waals surface area (Å²) in [5.41, 5.74) is 0.777. The number of methoxy groups -OCH3 is 1. The Morgan fingerprint density at radius 1 is 1.42 bits per heavy atom. The molecule has 0 unspecified atom stereocenters. The van der Waals surface area contributed by atoms with Crippen LogP contribution in [0.1, 0.15) is 5.56 Å². The van der Waals surface area contributed by atoms with Crippen molar-refractivity contribution in [3.05, 3.63) is 54.9 Å². The zero-order chi connectivity index (χ0) is 14.3. The first-order valence-corrected chi connectivity index (χ1v) is 5.61. The first-order chi connectivity index (χ1) is 9.08. The molecule has 0 atom stereocenters. The fraction of sp³-hybridized carbons (Fsp3) is 0.214. The van der Waals surface area contributed by atoms with Crippen LogP contribution in [0.15, 0.2) is 49.3 Å². The van der Waals surface area contributed by atoms with Crippen LogP contribution in [0.2, 0.25) is 0 Å². The highest BCUT2D eigenvalue weighted by Gasteiger charge is 2.18. The zero-order valence-corrected chi connectivity index (χ0v) is 10.8. The lowest BCUT2D eigenvalue weighted by atomic mass is 10.2. The number of hydrogen-bond donors (Lipinski definition) is 0. The number of halogens is 1. The highest BCUT2D eigenvalue weighted by Crippen LogP contribution is 2.14. The van der Waals surface area contributed by atoms with Gasteiger partial charge >= 0.3 is 5.91 Å². The molecule has 102 valence electrons. The summed E-state index contributed by atoms with van der Waals surface area (Å²) >= 11 is 0. The second-order valence-electron chi connectivity index (χ2n) is 3.68. The summed E-state index contributed by atoms with van der Waals surface area (Å²) in [5.74, 6) is -1.28. The molecule has 0 aliphatic rings. The summed E-state index contributed by atoms with van der Waals surface area (Å²) in [6, 6.07) is 7.01. The van der Waals surface area contributed by atoms with E-state index in [0.29, 0.717) is 5.75 Å². The molecule has 0 heterocycles. The van der Waals surface area contributed by atoms with Crippen molar-refractivity contribution in [2.24, 2.45) is 0 Å². The van der Waals surface area contributed by atoms with Crippen molar-refractivity contribution >= 4 is 5.91 Å². The maximum atomic E-state index is 12.9. The lowest BCUT2D eigenvalue weighted by Gasteiger charge is -2.20. The molecule has 5 heteroatoms. The third-order valence-electron chi connectivity index (χ3n) is 2.29. The molecule has 0 saturated carbocycles. The van der Waals surface area contributed by atoms with Gasteiger partial charge in [0.25, 0.3) is 0 Å². The number of rotatable bonds is 7. The first kappa shape index (κ1) is 14.9. The smallest absolute Gasteiger partial charge is 0.305 e. The Hall–Kier alpha value is -2.14. The number of carbonyl (C=O) groups excluding carboxylic acids is 1. The topological polar surface area (TPSA) is 38.8 Å². The number of hydrogen-bond acceptors (Lipinski definition) is 3. The van der Waals surface area contributed by atoms with Crippen LogP contribution in [0.3, 0.4) is 0 Å². The van der Waals surface area contributed by atoms with E-state index in [0.717, 1.165) is 10.6 Å². The monoisotopic (exact) mass is 265 g/mol. The Kier molecular flexibility index (Phi) is 5.75. The number of hydroxylamine groups is 2. The van der Waals surface area contributed by atoms with Crippen LogP contribution in [-0.4, -0.2) is 24.7 Å². The molecular formula is C14H16FNO3. The van der Waals surface area contributed by atoms with E-state index in [4.69, 9.17) is 9.57 Å². The molecule has 1 aromatic rings. The van der Waals surface area contributed by atoms with Gasteiger partial charge in [0.2, 0.25) is 0 Å². The Bertz CT molecular complexity index is 456. The zero-order valence-electron chi connectivity index (χ0n) is 10.8. The van der Waals surface area contributed by atoms with E-state index in [1.807, 2.05) is 0 Å². The van der Waals surface area contributed by atoms with Crippen LogP contribution < -0.4 is 4.74 Å². The van der Waals surface area contributed by atoms with E-state index < -0.39 is 11.7 Å². The molecule has 19 heavy (non-hydrogen) atoms. The Labute approximate surface area is 111 Å². The van der Waals surface area contributed by atoms with Gasteiger partial charge in [-0.05, 0) is 17.7 Å². The molecule has 0 aliphatic heterocycles. The number of nitrogens with zero attached hydrogens (tertiary/aromatic N) is 1. The van der Waals surface area contributed by atoms with Crippen LogP contribution >= 0.6 is 0 Å². The minimum absolute atomic E-state index is 0.106. The standard InChI is InChI=1S/C14H16FNO3/c1-4-9-19-16(14(17)11(2)15)10-12-5-7-13(18-3)8-6-12/h4-8H,1-2,9-10H2,3H3. The molecule has 0 radical (unpaired) electrons. The third kappa shape index (κ3) is 4.56. The maximum absolute atomic E-state index is 12.9. The van der Waals surface area contributed by atoms with Gasteiger partial charge in [0.05, 0.1) is 20.3 Å². The van der Waals surface area contributed by atoms with Crippen LogP contribution in [0.4, 0.5) is 4.39 Å². The van der Waals surface area contributed by atoms with Crippen molar-refractivity contribution in [2.45, 2.75) is 6.54 Å². The van der Waals surface area contributed by atoms with Crippen LogP contribution in [0, 0.1) is 0 Å². The van der Waals surface area contributed by atoms with Gasteiger partial charge < -0.3 is 4.74 Å². The van der Waals surface area contributed by atoms with Crippen molar-refractivity contribution in [3.8, 4) is 5.75 Å². The summed E-state index contributed by atoms with van der Waals surface area (Å²) in [6.07, 6.45) is 1.47. The molecule has 1 rings (SSSR count). The first-order valence-electron chi connectivity index (χ1n) is 5.61. The fourth-order valence-corrected chi connectivity index (χ4v) is 1.35. The summed E-state index contributed by atoms with van der Waals surface area (Å²) in [5, 5.41) is 0.909. The molecule has 0 N–H and O–H groups in total. The summed E-state index contributed by atoms with van der Waals surface area (Å²) in [4.78, 5) is 16.7. The lowest BCUT2D eigenvalue weighted by Crippen LogP contribution is -2.31. The van der Waals surface area contributed by atoms with Gasteiger partial charge in [0.15, 0.2) is 5.83 Å². The van der Waals surface area contributed by atoms with E-state index in [1.165, 1.54) is 6.08 Å². The SMILES string of the molecule is C=CCON(Cc1ccc(OC)cc1)C(=O)C(=C)F. The van der Waals surface area contributed by atoms with Gasteiger partial charge in [-0.2, -0.15) is 0 Å². The second-order valence-corrected chi connectivity index (χ2v) is 3.68. The molecule has 0 aromatic heterocycles. The van der Waals surface area contributed by atoms with Crippen molar-refractivity contribution in [1.82, 2.24) is 5.06 Å². The molecule has 1 aromatic carbocycles. The highest BCUT2D eigenvalue weighted by molar-refractivity contribution is 5.89. The van der Waals surface area contributed by atoms with Crippen LogP contribution in [-0.2, 0) is 16.2 Å². The van der Waals surface area contributed by atoms with E-state index in [-0.39, 0.29) is 13.2 Å². The van der Waals surface area contributed by atoms with Gasteiger partial charge in [-0.1, -0.05) is 24.8 Å². The minimum Gasteiger partial charge on any atom is -0.497 e. The molecule has 0 bridgehead atoms. The second kappa shape index (κ2) is 7.33. The van der Waals surface area contributed by atoms with Gasteiger partial charge in [-0.3, -0.25) is 9.63 Å². The molecule has 1 amide bonds. The van der Waals surface area contributed by atoms with Crippen LogP contribution in [0.5, 0.6) is 5.75 Å². The molecule has 0 saturated heterocycles. The van der Waals surface area contributed by atoms with Crippen molar-refractivity contribution in [2.75, 3.05) is 13.7 Å². The number of carbonyl (C=O) groups is 1. The Morgan fingerprint density at radius 2 is 2.05 bits per heavy atom. The van der Waals surface area contributed by atoms with E-state index in [2.05, 4.69) is 13.2 Å². The summed E-state index contributed by atoms with van der Waals surface area (Å²) < 4.78 is 17.9. The van der Waals surface area contributed by atoms with E-state index >= 15 is 0 Å². The van der Waals surface area contributed by atoms with Crippen molar-refractivity contribution in [3.63, 3.8) is 0 Å². The Morgan fingerprint density at radius 3 is 2.53 bits per heavy atom. The normalized spacial score (nSPS) is 9.79. The average Bonchev–Trinajstić information content (AvgIpc) is 2.43. The molecule has 0 spiro atoms. The number of amides is 1. The minimum atomic E-state index is -1.07. The summed E-state index contributed by atoms with van der Waals surface area (Å²) in [6.45, 7) is 6.66. The van der Waals surface area contributed by atoms with Gasteiger partial charge in [-0.25, -0.2) is 9.45 Å². The van der Waals surface area contributed by atoms with Crippen LogP contribution in [0.25, 0.3) is 0 Å². The fourth-order valence-electron chi connectivity index (χ4n) is 1.35. The molecule has 0 fully saturated rings. The quantitative estimate of drug-likeness (QED) is 0.432. The highest BCUT2D eigenvalue weighted by atomic mass is 19.1. The lowest BCUT2D eigenvalue weighted by molar-refractivity contribution is -0.182. The van der Waals surface area contributed by atoms with E-state index in [9.17, 15) is 9.18 Å². The van der Waals surface area contributed by atoms with Crippen molar-refractivity contribution in [1.29, 1.82) is 0 Å². The molecule has 4 nitrogen and oxygen atoms in total. The van der Waals surface area contributed by atoms with Gasteiger partial charge in [-0.15, -0.1) is 6.58 Å². The Balaban J connectivity index is 2.77.